The number of aryl methyl sites for hydroxylation is 2. The Labute approximate surface area is 285 Å². The molecule has 0 aliphatic carbocycles. The van der Waals surface area contributed by atoms with Crippen molar-refractivity contribution in [2.75, 3.05) is 31.6 Å². The zero-order valence-corrected chi connectivity index (χ0v) is 28.4. The lowest BCUT2D eigenvalue weighted by Gasteiger charge is -2.16. The monoisotopic (exact) mass is 726 g/mol. The molecule has 4 aromatic rings. The fourth-order valence-corrected chi connectivity index (χ4v) is 5.46. The van der Waals surface area contributed by atoms with Crippen LogP contribution in [-0.4, -0.2) is 67.6 Å². The number of hydrogen-bond donors (Lipinski definition) is 3. The summed E-state index contributed by atoms with van der Waals surface area (Å²) in [7, 11) is 0.201. The van der Waals surface area contributed by atoms with Gasteiger partial charge in [-0.05, 0) is 50.1 Å². The number of carbonyl (C=O) groups is 2. The molecule has 0 aliphatic heterocycles. The third kappa shape index (κ3) is 10.1. The molecule has 0 unspecified atom stereocenters. The van der Waals surface area contributed by atoms with Crippen LogP contribution in [0, 0.1) is 0 Å². The number of alkyl halides is 3. The van der Waals surface area contributed by atoms with Crippen LogP contribution >= 0.6 is 0 Å². The fraction of sp³-hybridized carbons (Fsp3) is 0.344. The lowest BCUT2D eigenvalue weighted by Crippen LogP contribution is -2.21. The number of carbonyl (C=O) groups excluding carboxylic acids is 1. The Morgan fingerprint density at radius 3 is 2.06 bits per heavy atom. The molecular weight excluding hydrogens is 689 g/mol. The van der Waals surface area contributed by atoms with Gasteiger partial charge in [-0.15, -0.1) is 0 Å². The van der Waals surface area contributed by atoms with Crippen LogP contribution in [0.3, 0.4) is 0 Å². The molecule has 18 heteroatoms. The second kappa shape index (κ2) is 16.9. The van der Waals surface area contributed by atoms with Crippen LogP contribution in [-0.2, 0) is 33.7 Å². The third-order valence-electron chi connectivity index (χ3n) is 6.85. The van der Waals surface area contributed by atoms with Gasteiger partial charge in [-0.25, -0.2) is 22.8 Å². The lowest BCUT2D eigenvalue weighted by atomic mass is 10.2. The number of methoxy groups -OCH3 is 1. The fourth-order valence-electron chi connectivity index (χ4n) is 4.36. The number of hydrogen-bond acceptors (Lipinski definition) is 10. The number of benzene rings is 3. The summed E-state index contributed by atoms with van der Waals surface area (Å²) in [4.78, 5) is 33.5. The molecule has 4 N–H and O–H groups in total. The number of unbranched alkanes of at least 4 members (excludes halogenated alkanes) is 1. The molecule has 0 fully saturated rings. The van der Waals surface area contributed by atoms with E-state index in [0.717, 1.165) is 19.3 Å². The van der Waals surface area contributed by atoms with Gasteiger partial charge < -0.3 is 29.8 Å². The Hall–Kier alpha value is -5.23. The minimum Gasteiger partial charge on any atom is -0.493 e. The van der Waals surface area contributed by atoms with E-state index in [0.29, 0.717) is 48.0 Å². The first-order chi connectivity index (χ1) is 23.5. The van der Waals surface area contributed by atoms with Crippen molar-refractivity contribution in [1.29, 1.82) is 0 Å². The third-order valence-corrected chi connectivity index (χ3v) is 8.21. The SMILES string of the molecule is CCCOc1cc(OCCCCN)cc(Oc2cc3c(cc2NS(=O)(=O)c2cccc(C(=O)OC)c2)n(C)c(=O)n3C)c1.O=C(O)C(F)(F)F. The topological polar surface area (TPSA) is 190 Å². The van der Waals surface area contributed by atoms with Crippen molar-refractivity contribution in [3.8, 4) is 23.0 Å². The van der Waals surface area contributed by atoms with Crippen molar-refractivity contribution in [1.82, 2.24) is 9.13 Å². The number of nitrogens with zero attached hydrogens (tertiary/aromatic N) is 2. The van der Waals surface area contributed by atoms with Crippen molar-refractivity contribution in [3.63, 3.8) is 0 Å². The number of aromatic nitrogens is 2. The van der Waals surface area contributed by atoms with E-state index in [1.807, 2.05) is 6.92 Å². The van der Waals surface area contributed by atoms with Gasteiger partial charge in [-0.1, -0.05) is 13.0 Å². The molecule has 0 saturated carbocycles. The molecule has 3 aromatic carbocycles. The summed E-state index contributed by atoms with van der Waals surface area (Å²) < 4.78 is 86.9. The average molecular weight is 727 g/mol. The molecule has 0 spiro atoms. The zero-order valence-electron chi connectivity index (χ0n) is 27.6. The Morgan fingerprint density at radius 2 is 1.50 bits per heavy atom. The number of carboxylic acid groups (broad SMARTS) is 1. The summed E-state index contributed by atoms with van der Waals surface area (Å²) in [6, 6.07) is 13.7. The van der Waals surface area contributed by atoms with Crippen molar-refractivity contribution in [2.45, 2.75) is 37.3 Å². The number of sulfonamides is 1. The van der Waals surface area contributed by atoms with Crippen LogP contribution in [0.15, 0.2) is 64.3 Å². The predicted octanol–water partition coefficient (Wildman–Crippen LogP) is 4.80. The number of halogens is 3. The van der Waals surface area contributed by atoms with E-state index in [2.05, 4.69) is 4.72 Å². The maximum absolute atomic E-state index is 13.5. The summed E-state index contributed by atoms with van der Waals surface area (Å²) in [5, 5.41) is 7.12. The van der Waals surface area contributed by atoms with E-state index in [-0.39, 0.29) is 27.6 Å². The normalized spacial score (nSPS) is 11.4. The molecule has 4 rings (SSSR count). The van der Waals surface area contributed by atoms with Gasteiger partial charge in [-0.2, -0.15) is 13.2 Å². The van der Waals surface area contributed by atoms with E-state index >= 15 is 0 Å². The maximum Gasteiger partial charge on any atom is 0.490 e. The van der Waals surface area contributed by atoms with Gasteiger partial charge in [0.2, 0.25) is 0 Å². The summed E-state index contributed by atoms with van der Waals surface area (Å²) in [6.45, 7) is 3.47. The van der Waals surface area contributed by atoms with E-state index in [9.17, 15) is 31.2 Å². The van der Waals surface area contributed by atoms with Crippen molar-refractivity contribution >= 4 is 38.7 Å². The zero-order chi connectivity index (χ0) is 37.2. The number of anilines is 1. The molecule has 272 valence electrons. The number of nitrogens with one attached hydrogen (secondary N) is 1. The molecule has 1 aromatic heterocycles. The lowest BCUT2D eigenvalue weighted by molar-refractivity contribution is -0.192. The Bertz CT molecular complexity index is 1990. The second-order valence-electron chi connectivity index (χ2n) is 10.6. The van der Waals surface area contributed by atoms with Gasteiger partial charge in [0.15, 0.2) is 5.75 Å². The van der Waals surface area contributed by atoms with Crippen LogP contribution in [0.25, 0.3) is 11.0 Å². The molecule has 0 bridgehead atoms. The smallest absolute Gasteiger partial charge is 0.490 e. The Kier molecular flexibility index (Phi) is 13.3. The van der Waals surface area contributed by atoms with E-state index < -0.39 is 28.1 Å². The molecule has 50 heavy (non-hydrogen) atoms. The summed E-state index contributed by atoms with van der Waals surface area (Å²) in [6.07, 6.45) is -2.70. The average Bonchev–Trinajstić information content (AvgIpc) is 3.27. The standard InChI is InChI=1S/C30H36N4O8S.C2HF3O2/c1-5-12-40-21-15-22(41-13-7-6-11-31)17-23(16-21)42-28-19-27-26(33(2)30(36)34(27)3)18-25(28)32-43(37,38)24-10-8-9-20(14-24)29(35)39-4;3-2(4,5)1(6)7/h8-10,14-19,32H,5-7,11-13,31H2,1-4H3;(H,6,7). The van der Waals surface area contributed by atoms with Crippen molar-refractivity contribution in [3.05, 3.63) is 70.6 Å². The molecule has 1 heterocycles. The van der Waals surface area contributed by atoms with Gasteiger partial charge in [0.25, 0.3) is 10.0 Å². The van der Waals surface area contributed by atoms with Crippen LogP contribution in [0.5, 0.6) is 23.0 Å². The number of ether oxygens (including phenoxy) is 4. The minimum absolute atomic E-state index is 0.0717. The van der Waals surface area contributed by atoms with Crippen molar-refractivity contribution < 1.29 is 55.2 Å². The van der Waals surface area contributed by atoms with Crippen LogP contribution in [0.4, 0.5) is 18.9 Å². The quantitative estimate of drug-likeness (QED) is 0.120. The van der Waals surface area contributed by atoms with Gasteiger partial charge >= 0.3 is 23.8 Å². The summed E-state index contributed by atoms with van der Waals surface area (Å²) in [5.74, 6) is -1.95. The number of fused-ring (bicyclic) bond motifs is 1. The maximum atomic E-state index is 13.5. The highest BCUT2D eigenvalue weighted by Gasteiger charge is 2.38. The minimum atomic E-state index is -5.08. The van der Waals surface area contributed by atoms with Crippen LogP contribution in [0.2, 0.25) is 0 Å². The highest BCUT2D eigenvalue weighted by atomic mass is 32.2. The van der Waals surface area contributed by atoms with Gasteiger partial charge in [0, 0.05) is 38.4 Å². The molecule has 0 saturated heterocycles. The van der Waals surface area contributed by atoms with Gasteiger partial charge in [0.1, 0.15) is 17.2 Å². The van der Waals surface area contributed by atoms with E-state index in [1.165, 1.54) is 46.6 Å². The van der Waals surface area contributed by atoms with Gasteiger partial charge in [-0.3, -0.25) is 13.9 Å². The first-order valence-electron chi connectivity index (χ1n) is 15.0. The molecule has 0 radical (unpaired) electrons. The van der Waals surface area contributed by atoms with Crippen LogP contribution in [0.1, 0.15) is 36.5 Å². The van der Waals surface area contributed by atoms with Crippen LogP contribution < -0.4 is 30.4 Å². The molecule has 14 nitrogen and oxygen atoms in total. The first kappa shape index (κ1) is 39.2. The Morgan fingerprint density at radius 1 is 0.920 bits per heavy atom. The molecular formula is C32H37F3N4O10S. The number of nitrogens with two attached hydrogens (primary N) is 1. The second-order valence-corrected chi connectivity index (χ2v) is 12.3. The number of rotatable bonds is 14. The summed E-state index contributed by atoms with van der Waals surface area (Å²) in [5.41, 5.74) is 6.44. The van der Waals surface area contributed by atoms with E-state index in [4.69, 9.17) is 34.6 Å². The number of aliphatic carboxylic acids is 1. The molecule has 0 atom stereocenters. The number of carboxylic acids is 1. The highest BCUT2D eigenvalue weighted by molar-refractivity contribution is 7.92. The van der Waals surface area contributed by atoms with E-state index in [1.54, 1.807) is 38.4 Å². The number of esters is 1. The summed E-state index contributed by atoms with van der Waals surface area (Å²) >= 11 is 0. The number of imidazole rings is 1. The first-order valence-corrected chi connectivity index (χ1v) is 16.5. The highest BCUT2D eigenvalue weighted by Crippen LogP contribution is 2.38. The molecule has 0 amide bonds. The largest absolute Gasteiger partial charge is 0.493 e. The van der Waals surface area contributed by atoms with Gasteiger partial charge in [0.05, 0.1) is 47.5 Å². The predicted molar refractivity (Wildman–Crippen MR) is 177 cm³/mol. The molecule has 0 aliphatic rings. The van der Waals surface area contributed by atoms with Crippen molar-refractivity contribution in [2.24, 2.45) is 19.8 Å². The Balaban J connectivity index is 0.000000872.